The number of nitrogens with zero attached hydrogens (tertiary/aromatic N) is 1. The first kappa shape index (κ1) is 18.0. The van der Waals surface area contributed by atoms with Gasteiger partial charge in [0.25, 0.3) is 0 Å². The van der Waals surface area contributed by atoms with E-state index in [1.165, 1.54) is 0 Å². The van der Waals surface area contributed by atoms with E-state index in [4.69, 9.17) is 4.74 Å². The van der Waals surface area contributed by atoms with Gasteiger partial charge in [-0.3, -0.25) is 4.79 Å². The van der Waals surface area contributed by atoms with Crippen LogP contribution in [0.2, 0.25) is 0 Å². The predicted octanol–water partition coefficient (Wildman–Crippen LogP) is 3.25. The number of Topliss-reactive ketones (excluding diaryl/α,β-unsaturated/α-hetero) is 1. The Hall–Kier alpha value is -1.07. The van der Waals surface area contributed by atoms with Crippen LogP contribution in [0.3, 0.4) is 0 Å². The van der Waals surface area contributed by atoms with Crippen LogP contribution in [0.15, 0.2) is 12.1 Å². The van der Waals surface area contributed by atoms with Crippen molar-refractivity contribution in [3.05, 3.63) is 23.3 Å². The number of halogens is 1. The highest BCUT2D eigenvalue weighted by molar-refractivity contribution is 9.09. The highest BCUT2D eigenvalue weighted by atomic mass is 79.9. The summed E-state index contributed by atoms with van der Waals surface area (Å²) in [5, 5.41) is 11.3. The van der Waals surface area contributed by atoms with Gasteiger partial charge < -0.3 is 14.7 Å². The Morgan fingerprint density at radius 2 is 2.10 bits per heavy atom. The maximum Gasteiger partial charge on any atom is 0.180 e. The largest absolute Gasteiger partial charge is 0.507 e. The zero-order valence-electron chi connectivity index (χ0n) is 13.0. The highest BCUT2D eigenvalue weighted by Crippen LogP contribution is 2.33. The quantitative estimate of drug-likeness (QED) is 0.418. The van der Waals surface area contributed by atoms with E-state index in [1.807, 2.05) is 21.0 Å². The molecule has 0 saturated heterocycles. The second kappa shape index (κ2) is 9.05. The molecule has 1 aromatic rings. The van der Waals surface area contributed by atoms with Crippen molar-refractivity contribution in [1.82, 2.24) is 4.90 Å². The van der Waals surface area contributed by atoms with E-state index in [0.29, 0.717) is 24.3 Å². The molecule has 0 saturated carbocycles. The van der Waals surface area contributed by atoms with E-state index >= 15 is 0 Å². The Balaban J connectivity index is 3.03. The summed E-state index contributed by atoms with van der Waals surface area (Å²) in [5.41, 5.74) is 1.11. The summed E-state index contributed by atoms with van der Waals surface area (Å²) >= 11 is 3.36. The number of alkyl halides is 1. The second-order valence-electron chi connectivity index (χ2n) is 5.24. The van der Waals surface area contributed by atoms with Crippen molar-refractivity contribution in [2.24, 2.45) is 0 Å². The van der Waals surface area contributed by atoms with E-state index in [9.17, 15) is 9.90 Å². The number of ketones is 1. The van der Waals surface area contributed by atoms with Crippen LogP contribution in [0, 0.1) is 0 Å². The van der Waals surface area contributed by atoms with Crippen LogP contribution in [0.4, 0.5) is 0 Å². The van der Waals surface area contributed by atoms with E-state index in [1.54, 1.807) is 17.0 Å². The van der Waals surface area contributed by atoms with Gasteiger partial charge in [-0.2, -0.15) is 0 Å². The van der Waals surface area contributed by atoms with Crippen molar-refractivity contribution >= 4 is 21.7 Å². The van der Waals surface area contributed by atoms with Crippen molar-refractivity contribution in [3.63, 3.8) is 0 Å². The predicted molar refractivity (Wildman–Crippen MR) is 88.9 cm³/mol. The Kier molecular flexibility index (Phi) is 7.75. The van der Waals surface area contributed by atoms with Crippen LogP contribution >= 0.6 is 15.9 Å². The summed E-state index contributed by atoms with van der Waals surface area (Å²) in [5.74, 6) is 0.665. The number of phenols is 1. The van der Waals surface area contributed by atoms with Crippen LogP contribution in [0.25, 0.3) is 0 Å². The molecule has 0 aliphatic heterocycles. The molecule has 1 N–H and O–H groups in total. The van der Waals surface area contributed by atoms with Crippen LogP contribution in [0.1, 0.15) is 35.7 Å². The van der Waals surface area contributed by atoms with Crippen molar-refractivity contribution in [2.75, 3.05) is 32.6 Å². The monoisotopic (exact) mass is 357 g/mol. The number of hydrogen-bond acceptors (Lipinski definition) is 4. The Labute approximate surface area is 135 Å². The first-order valence-electron chi connectivity index (χ1n) is 7.22. The first-order chi connectivity index (χ1) is 10.0. The van der Waals surface area contributed by atoms with Crippen molar-refractivity contribution in [1.29, 1.82) is 0 Å². The van der Waals surface area contributed by atoms with E-state index in [2.05, 4.69) is 15.9 Å². The number of phenolic OH excluding ortho intramolecular Hbond substituents is 1. The van der Waals surface area contributed by atoms with Gasteiger partial charge in [0.05, 0.1) is 18.7 Å². The Morgan fingerprint density at radius 3 is 2.67 bits per heavy atom. The summed E-state index contributed by atoms with van der Waals surface area (Å²) in [6.45, 7) is 2.91. The van der Waals surface area contributed by atoms with Gasteiger partial charge in [-0.25, -0.2) is 0 Å². The number of rotatable bonds is 9. The van der Waals surface area contributed by atoms with Gasteiger partial charge in [-0.1, -0.05) is 29.3 Å². The van der Waals surface area contributed by atoms with Gasteiger partial charge in [0, 0.05) is 10.9 Å². The molecule has 5 heteroatoms. The number of benzene rings is 1. The van der Waals surface area contributed by atoms with Crippen LogP contribution in [-0.4, -0.2) is 48.4 Å². The van der Waals surface area contributed by atoms with Crippen LogP contribution < -0.4 is 4.74 Å². The molecule has 0 aromatic heterocycles. The molecular formula is C16H24BrNO3. The summed E-state index contributed by atoms with van der Waals surface area (Å²) in [6.07, 6.45) is 2.47. The molecule has 118 valence electrons. The molecular weight excluding hydrogens is 334 g/mol. The fraction of sp³-hybridized carbons (Fsp3) is 0.562. The SMILES string of the molecule is CCCc1c(OCCCBr)ccc(C(=O)CN(C)C)c1O. The lowest BCUT2D eigenvalue weighted by atomic mass is 10.0. The molecule has 0 heterocycles. The number of aromatic hydroxyl groups is 1. The molecule has 0 amide bonds. The number of carbonyl (C=O) groups is 1. The topological polar surface area (TPSA) is 49.8 Å². The van der Waals surface area contributed by atoms with Crippen LogP contribution in [-0.2, 0) is 6.42 Å². The highest BCUT2D eigenvalue weighted by Gasteiger charge is 2.18. The lowest BCUT2D eigenvalue weighted by Gasteiger charge is -2.16. The fourth-order valence-corrected chi connectivity index (χ4v) is 2.31. The maximum atomic E-state index is 12.2. The molecule has 0 unspecified atom stereocenters. The summed E-state index contributed by atoms with van der Waals surface area (Å²) < 4.78 is 5.72. The number of hydrogen-bond donors (Lipinski definition) is 1. The van der Waals surface area contributed by atoms with Gasteiger partial charge in [-0.05, 0) is 39.1 Å². The summed E-state index contributed by atoms with van der Waals surface area (Å²) in [4.78, 5) is 13.9. The molecule has 0 aliphatic carbocycles. The molecule has 21 heavy (non-hydrogen) atoms. The minimum absolute atomic E-state index is 0.0695. The van der Waals surface area contributed by atoms with Gasteiger partial charge in [0.1, 0.15) is 11.5 Å². The molecule has 4 nitrogen and oxygen atoms in total. The minimum Gasteiger partial charge on any atom is -0.507 e. The molecule has 0 bridgehead atoms. The number of likely N-dealkylation sites (N-methyl/N-ethyl adjacent to an activating group) is 1. The lowest BCUT2D eigenvalue weighted by molar-refractivity contribution is 0.0955. The third kappa shape index (κ3) is 5.32. The Bertz CT molecular complexity index is 475. The zero-order valence-corrected chi connectivity index (χ0v) is 14.6. The molecule has 0 radical (unpaired) electrons. The molecule has 1 aromatic carbocycles. The summed E-state index contributed by atoms with van der Waals surface area (Å²) in [7, 11) is 3.67. The van der Waals surface area contributed by atoms with Gasteiger partial charge in [0.15, 0.2) is 5.78 Å². The molecule has 0 fully saturated rings. The molecule has 0 aliphatic rings. The second-order valence-corrected chi connectivity index (χ2v) is 6.03. The molecule has 1 rings (SSSR count). The Morgan fingerprint density at radius 1 is 1.38 bits per heavy atom. The molecule has 0 spiro atoms. The fourth-order valence-electron chi connectivity index (χ4n) is 2.08. The van der Waals surface area contributed by atoms with E-state index < -0.39 is 0 Å². The standard InChI is InChI=1S/C16H24BrNO3/c1-4-6-13-15(21-10-5-9-17)8-7-12(16(13)20)14(19)11-18(2)3/h7-8,20H,4-6,9-11H2,1-3H3. The maximum absolute atomic E-state index is 12.2. The average Bonchev–Trinajstić information content (AvgIpc) is 2.42. The number of ether oxygens (including phenoxy) is 1. The van der Waals surface area contributed by atoms with E-state index in [0.717, 1.165) is 23.7 Å². The zero-order chi connectivity index (χ0) is 15.8. The van der Waals surface area contributed by atoms with E-state index in [-0.39, 0.29) is 18.1 Å². The number of carbonyl (C=O) groups excluding carboxylic acids is 1. The van der Waals surface area contributed by atoms with Crippen molar-refractivity contribution < 1.29 is 14.6 Å². The third-order valence-electron chi connectivity index (χ3n) is 3.04. The minimum atomic E-state index is -0.0816. The average molecular weight is 358 g/mol. The first-order valence-corrected chi connectivity index (χ1v) is 8.34. The van der Waals surface area contributed by atoms with Crippen molar-refractivity contribution in [3.8, 4) is 11.5 Å². The third-order valence-corrected chi connectivity index (χ3v) is 3.60. The van der Waals surface area contributed by atoms with Gasteiger partial charge >= 0.3 is 0 Å². The van der Waals surface area contributed by atoms with Gasteiger partial charge in [-0.15, -0.1) is 0 Å². The normalized spacial score (nSPS) is 10.9. The summed E-state index contributed by atoms with van der Waals surface area (Å²) in [6, 6.07) is 3.45. The van der Waals surface area contributed by atoms with Crippen LogP contribution in [0.5, 0.6) is 11.5 Å². The van der Waals surface area contributed by atoms with Crippen molar-refractivity contribution in [2.45, 2.75) is 26.2 Å². The van der Waals surface area contributed by atoms with Gasteiger partial charge in [0.2, 0.25) is 0 Å². The smallest absolute Gasteiger partial charge is 0.180 e. The molecule has 0 atom stereocenters. The lowest BCUT2D eigenvalue weighted by Crippen LogP contribution is -2.22.